The van der Waals surface area contributed by atoms with Crippen molar-refractivity contribution in [1.29, 1.82) is 0 Å². The molecule has 0 radical (unpaired) electrons. The molecule has 2 aliphatic rings. The highest BCUT2D eigenvalue weighted by atomic mass is 16.6. The van der Waals surface area contributed by atoms with Gasteiger partial charge in [-0.2, -0.15) is 0 Å². The number of hydrogen-bond acceptors (Lipinski definition) is 8. The van der Waals surface area contributed by atoms with Gasteiger partial charge in [0.1, 0.15) is 30.3 Å². The number of aromatic nitrogens is 2. The molecule has 0 aliphatic carbocycles. The van der Waals surface area contributed by atoms with Gasteiger partial charge < -0.3 is 34.1 Å². The fourth-order valence-electron chi connectivity index (χ4n) is 4.32. The SMILES string of the molecule is C[C@@H]1CN(c2ccc(OCC3CCn4cc([N+](=O)[O-])nc4O3)cc2)[C@@H](C)CN1C(=O)OC(C)(C)C. The monoisotopic (exact) mass is 487 g/mol. The van der Waals surface area contributed by atoms with Gasteiger partial charge in [-0.05, 0) is 63.8 Å². The minimum absolute atomic E-state index is 0.0174. The number of rotatable bonds is 5. The van der Waals surface area contributed by atoms with Gasteiger partial charge in [0.15, 0.2) is 0 Å². The topological polar surface area (TPSA) is 112 Å². The van der Waals surface area contributed by atoms with E-state index in [9.17, 15) is 14.9 Å². The van der Waals surface area contributed by atoms with Crippen LogP contribution in [0.25, 0.3) is 0 Å². The third-order valence-electron chi connectivity index (χ3n) is 6.10. The molecule has 3 heterocycles. The van der Waals surface area contributed by atoms with Crippen molar-refractivity contribution in [2.24, 2.45) is 0 Å². The van der Waals surface area contributed by atoms with E-state index in [2.05, 4.69) is 16.8 Å². The smallest absolute Gasteiger partial charge is 0.414 e. The summed E-state index contributed by atoms with van der Waals surface area (Å²) >= 11 is 0. The van der Waals surface area contributed by atoms with Crippen molar-refractivity contribution >= 4 is 17.6 Å². The third kappa shape index (κ3) is 5.77. The van der Waals surface area contributed by atoms with Crippen LogP contribution in [0.5, 0.6) is 11.8 Å². The molecule has 0 saturated carbocycles. The van der Waals surface area contributed by atoms with E-state index in [1.807, 2.05) is 52.0 Å². The van der Waals surface area contributed by atoms with Gasteiger partial charge in [-0.3, -0.25) is 4.57 Å². The van der Waals surface area contributed by atoms with Gasteiger partial charge in [0, 0.05) is 48.8 Å². The highest BCUT2D eigenvalue weighted by Crippen LogP contribution is 2.28. The number of amides is 1. The van der Waals surface area contributed by atoms with Crippen molar-refractivity contribution in [3.63, 3.8) is 0 Å². The Morgan fingerprint density at radius 3 is 2.57 bits per heavy atom. The minimum atomic E-state index is -0.527. The number of fused-ring (bicyclic) bond motifs is 1. The number of piperazine rings is 1. The maximum absolute atomic E-state index is 12.6. The lowest BCUT2D eigenvalue weighted by atomic mass is 10.1. The molecule has 2 aliphatic heterocycles. The highest BCUT2D eigenvalue weighted by Gasteiger charge is 2.34. The number of anilines is 1. The van der Waals surface area contributed by atoms with Crippen molar-refractivity contribution < 1.29 is 23.9 Å². The number of ether oxygens (including phenoxy) is 3. The molecule has 1 fully saturated rings. The minimum Gasteiger partial charge on any atom is -0.490 e. The van der Waals surface area contributed by atoms with Crippen LogP contribution in [0.4, 0.5) is 16.3 Å². The number of imidazole rings is 1. The summed E-state index contributed by atoms with van der Waals surface area (Å²) in [4.78, 5) is 31.0. The first-order chi connectivity index (χ1) is 16.5. The number of nitrogens with zero attached hydrogens (tertiary/aromatic N) is 5. The second kappa shape index (κ2) is 9.63. The fraction of sp³-hybridized carbons (Fsp3) is 0.583. The van der Waals surface area contributed by atoms with E-state index in [0.29, 0.717) is 38.4 Å². The van der Waals surface area contributed by atoms with Crippen LogP contribution in [0, 0.1) is 10.1 Å². The summed E-state index contributed by atoms with van der Waals surface area (Å²) in [6.45, 7) is 12.0. The Morgan fingerprint density at radius 2 is 1.91 bits per heavy atom. The first kappa shape index (κ1) is 24.6. The first-order valence-electron chi connectivity index (χ1n) is 11.9. The maximum Gasteiger partial charge on any atom is 0.414 e. The highest BCUT2D eigenvalue weighted by molar-refractivity contribution is 5.69. The Balaban J connectivity index is 1.31. The molecule has 1 saturated heterocycles. The molecule has 11 nitrogen and oxygen atoms in total. The Morgan fingerprint density at radius 1 is 1.20 bits per heavy atom. The average molecular weight is 488 g/mol. The van der Waals surface area contributed by atoms with E-state index in [1.165, 1.54) is 6.20 Å². The standard InChI is InChI=1S/C24H33N5O6/c1-16-13-28(23(30)35-24(3,4)5)17(2)12-27(16)18-6-8-19(9-7-18)33-15-20-10-11-26-14-21(29(31)32)25-22(26)34-20/h6-9,14,16-17,20H,10-13,15H2,1-5H3/t16-,17+,20?/m0/s1. The van der Waals surface area contributed by atoms with Gasteiger partial charge in [-0.15, -0.1) is 0 Å². The molecular formula is C24H33N5O6. The maximum atomic E-state index is 12.6. The molecule has 0 N–H and O–H groups in total. The molecule has 0 spiro atoms. The number of aryl methyl sites for hydroxylation is 1. The zero-order valence-electron chi connectivity index (χ0n) is 20.8. The predicted molar refractivity (Wildman–Crippen MR) is 129 cm³/mol. The summed E-state index contributed by atoms with van der Waals surface area (Å²) in [5.41, 5.74) is 0.540. The van der Waals surface area contributed by atoms with E-state index in [1.54, 1.807) is 9.47 Å². The molecular weight excluding hydrogens is 454 g/mol. The normalized spacial score (nSPS) is 22.3. The average Bonchev–Trinajstić information content (AvgIpc) is 3.22. The van der Waals surface area contributed by atoms with E-state index >= 15 is 0 Å². The second-order valence-corrected chi connectivity index (χ2v) is 10.1. The van der Waals surface area contributed by atoms with Crippen molar-refractivity contribution in [3.05, 3.63) is 40.6 Å². The van der Waals surface area contributed by atoms with E-state index in [4.69, 9.17) is 14.2 Å². The molecule has 0 bridgehead atoms. The van der Waals surface area contributed by atoms with Gasteiger partial charge >= 0.3 is 17.9 Å². The van der Waals surface area contributed by atoms with Gasteiger partial charge in [0.2, 0.25) is 0 Å². The van der Waals surface area contributed by atoms with Crippen molar-refractivity contribution in [3.8, 4) is 11.8 Å². The lowest BCUT2D eigenvalue weighted by molar-refractivity contribution is -0.389. The predicted octanol–water partition coefficient (Wildman–Crippen LogP) is 3.86. The molecule has 1 aromatic heterocycles. The first-order valence-corrected chi connectivity index (χ1v) is 11.9. The molecule has 1 amide bonds. The van der Waals surface area contributed by atoms with Gasteiger partial charge in [-0.25, -0.2) is 4.79 Å². The van der Waals surface area contributed by atoms with Crippen molar-refractivity contribution in [2.45, 2.75) is 71.4 Å². The fourth-order valence-corrected chi connectivity index (χ4v) is 4.32. The Bertz CT molecular complexity index is 1060. The number of carbonyl (C=O) groups is 1. The van der Waals surface area contributed by atoms with Crippen LogP contribution in [0.2, 0.25) is 0 Å². The zero-order chi connectivity index (χ0) is 25.3. The van der Waals surface area contributed by atoms with Crippen molar-refractivity contribution in [2.75, 3.05) is 24.6 Å². The molecule has 1 aromatic carbocycles. The number of hydrogen-bond donors (Lipinski definition) is 0. The van der Waals surface area contributed by atoms with E-state index in [-0.39, 0.29) is 36.1 Å². The summed E-state index contributed by atoms with van der Waals surface area (Å²) in [6, 6.07) is 8.26. The molecule has 1 unspecified atom stereocenters. The van der Waals surface area contributed by atoms with E-state index in [0.717, 1.165) is 5.69 Å². The Labute approximate surface area is 204 Å². The van der Waals surface area contributed by atoms with Crippen molar-refractivity contribution in [1.82, 2.24) is 14.5 Å². The second-order valence-electron chi connectivity index (χ2n) is 10.1. The summed E-state index contributed by atoms with van der Waals surface area (Å²) in [6.07, 6.45) is 1.56. The van der Waals surface area contributed by atoms with Crippen LogP contribution in [0.1, 0.15) is 41.0 Å². The number of carbonyl (C=O) groups excluding carboxylic acids is 1. The molecule has 35 heavy (non-hydrogen) atoms. The third-order valence-corrected chi connectivity index (χ3v) is 6.10. The number of benzene rings is 1. The van der Waals surface area contributed by atoms with Gasteiger partial charge in [0.25, 0.3) is 0 Å². The Kier molecular flexibility index (Phi) is 6.77. The van der Waals surface area contributed by atoms with E-state index < -0.39 is 10.5 Å². The quantitative estimate of drug-likeness (QED) is 0.462. The number of nitro groups is 1. The van der Waals surface area contributed by atoms with Gasteiger partial charge in [-0.1, -0.05) is 0 Å². The molecule has 2 aromatic rings. The summed E-state index contributed by atoms with van der Waals surface area (Å²) < 4.78 is 18.9. The largest absolute Gasteiger partial charge is 0.490 e. The lowest BCUT2D eigenvalue weighted by Gasteiger charge is -2.45. The Hall–Kier alpha value is -3.50. The summed E-state index contributed by atoms with van der Waals surface area (Å²) in [5.74, 6) is 0.498. The molecule has 190 valence electrons. The van der Waals surface area contributed by atoms with Crippen LogP contribution >= 0.6 is 0 Å². The zero-order valence-corrected chi connectivity index (χ0v) is 20.8. The summed E-state index contributed by atoms with van der Waals surface area (Å²) in [5, 5.41) is 10.9. The van der Waals surface area contributed by atoms with Crippen LogP contribution in [-0.4, -0.2) is 69.0 Å². The molecule has 4 rings (SSSR count). The van der Waals surface area contributed by atoms with Crippen LogP contribution in [-0.2, 0) is 11.3 Å². The van der Waals surface area contributed by atoms with Crippen LogP contribution in [0.3, 0.4) is 0 Å². The van der Waals surface area contributed by atoms with Crippen LogP contribution < -0.4 is 14.4 Å². The van der Waals surface area contributed by atoms with Gasteiger partial charge in [0.05, 0.1) is 0 Å². The lowest BCUT2D eigenvalue weighted by Crippen LogP contribution is -2.59. The van der Waals surface area contributed by atoms with Crippen LogP contribution in [0.15, 0.2) is 30.5 Å². The molecule has 3 atom stereocenters. The summed E-state index contributed by atoms with van der Waals surface area (Å²) in [7, 11) is 0. The molecule has 11 heteroatoms.